The first-order valence-corrected chi connectivity index (χ1v) is 7.26. The second kappa shape index (κ2) is 6.05. The van der Waals surface area contributed by atoms with Crippen LogP contribution in [0, 0.1) is 17.3 Å². The van der Waals surface area contributed by atoms with E-state index in [1.807, 2.05) is 0 Å². The monoisotopic (exact) mass is 225 g/mol. The van der Waals surface area contributed by atoms with E-state index in [0.717, 1.165) is 17.9 Å². The minimum absolute atomic E-state index is 0.550. The molecule has 1 N–H and O–H groups in total. The van der Waals surface area contributed by atoms with Crippen LogP contribution in [0.15, 0.2) is 0 Å². The van der Waals surface area contributed by atoms with Crippen molar-refractivity contribution in [3.8, 4) is 0 Å². The van der Waals surface area contributed by atoms with Crippen LogP contribution in [0.5, 0.6) is 0 Å². The SMILES string of the molecule is CCCNC(C(C)CC)C1CCCC1(C)C. The Kier molecular flexibility index (Phi) is 5.30. The highest BCUT2D eigenvalue weighted by Gasteiger charge is 2.40. The van der Waals surface area contributed by atoms with Crippen LogP contribution in [-0.4, -0.2) is 12.6 Å². The molecule has 1 saturated carbocycles. The number of hydrogen-bond acceptors (Lipinski definition) is 1. The Morgan fingerprint density at radius 2 is 2.00 bits per heavy atom. The maximum atomic E-state index is 3.82. The summed E-state index contributed by atoms with van der Waals surface area (Å²) in [6.07, 6.45) is 6.82. The van der Waals surface area contributed by atoms with Gasteiger partial charge in [0.2, 0.25) is 0 Å². The van der Waals surface area contributed by atoms with Gasteiger partial charge in [-0.15, -0.1) is 0 Å². The highest BCUT2D eigenvalue weighted by molar-refractivity contribution is 4.93. The van der Waals surface area contributed by atoms with Gasteiger partial charge in [0.05, 0.1) is 0 Å². The Labute approximate surface area is 102 Å². The zero-order valence-corrected chi connectivity index (χ0v) is 12.0. The van der Waals surface area contributed by atoms with E-state index >= 15 is 0 Å². The van der Waals surface area contributed by atoms with Crippen molar-refractivity contribution in [2.24, 2.45) is 17.3 Å². The van der Waals surface area contributed by atoms with Gasteiger partial charge >= 0.3 is 0 Å². The molecular weight excluding hydrogens is 194 g/mol. The first-order valence-electron chi connectivity index (χ1n) is 7.26. The van der Waals surface area contributed by atoms with Crippen LogP contribution >= 0.6 is 0 Å². The summed E-state index contributed by atoms with van der Waals surface area (Å²) in [4.78, 5) is 0. The first kappa shape index (κ1) is 14.0. The molecule has 0 spiro atoms. The highest BCUT2D eigenvalue weighted by Crippen LogP contribution is 2.46. The van der Waals surface area contributed by atoms with E-state index in [0.29, 0.717) is 5.41 Å². The molecule has 1 fully saturated rings. The lowest BCUT2D eigenvalue weighted by Gasteiger charge is -2.38. The fourth-order valence-corrected chi connectivity index (χ4v) is 3.32. The first-order chi connectivity index (χ1) is 7.53. The molecule has 1 heteroatoms. The molecule has 1 nitrogen and oxygen atoms in total. The van der Waals surface area contributed by atoms with E-state index < -0.39 is 0 Å². The molecule has 0 aromatic carbocycles. The summed E-state index contributed by atoms with van der Waals surface area (Å²) in [7, 11) is 0. The van der Waals surface area contributed by atoms with Gasteiger partial charge in [-0.1, -0.05) is 47.5 Å². The molecule has 96 valence electrons. The van der Waals surface area contributed by atoms with Crippen LogP contribution in [-0.2, 0) is 0 Å². The molecule has 0 radical (unpaired) electrons. The molecule has 16 heavy (non-hydrogen) atoms. The molecule has 1 aliphatic rings. The molecule has 0 heterocycles. The van der Waals surface area contributed by atoms with Crippen molar-refractivity contribution in [2.45, 2.75) is 72.8 Å². The summed E-state index contributed by atoms with van der Waals surface area (Å²) in [5, 5.41) is 3.82. The predicted octanol–water partition coefficient (Wildman–Crippen LogP) is 4.23. The van der Waals surface area contributed by atoms with Gasteiger partial charge in [-0.2, -0.15) is 0 Å². The summed E-state index contributed by atoms with van der Waals surface area (Å²) < 4.78 is 0. The Hall–Kier alpha value is -0.0400. The van der Waals surface area contributed by atoms with Gasteiger partial charge in [-0.05, 0) is 43.1 Å². The molecule has 0 aromatic heterocycles. The largest absolute Gasteiger partial charge is 0.313 e. The van der Waals surface area contributed by atoms with Crippen molar-refractivity contribution in [3.63, 3.8) is 0 Å². The van der Waals surface area contributed by atoms with E-state index in [9.17, 15) is 0 Å². The maximum Gasteiger partial charge on any atom is 0.0126 e. The minimum Gasteiger partial charge on any atom is -0.313 e. The number of hydrogen-bond donors (Lipinski definition) is 1. The van der Waals surface area contributed by atoms with Crippen molar-refractivity contribution in [1.29, 1.82) is 0 Å². The average Bonchev–Trinajstić information content (AvgIpc) is 2.59. The zero-order valence-electron chi connectivity index (χ0n) is 12.0. The highest BCUT2D eigenvalue weighted by atomic mass is 14.9. The van der Waals surface area contributed by atoms with Crippen molar-refractivity contribution >= 4 is 0 Å². The van der Waals surface area contributed by atoms with Crippen LogP contribution in [0.3, 0.4) is 0 Å². The summed E-state index contributed by atoms with van der Waals surface area (Å²) in [6, 6.07) is 0.738. The van der Waals surface area contributed by atoms with Gasteiger partial charge in [-0.25, -0.2) is 0 Å². The quantitative estimate of drug-likeness (QED) is 0.713. The number of rotatable bonds is 6. The van der Waals surface area contributed by atoms with E-state index in [1.165, 1.54) is 38.6 Å². The average molecular weight is 225 g/mol. The van der Waals surface area contributed by atoms with Crippen molar-refractivity contribution in [1.82, 2.24) is 5.32 Å². The van der Waals surface area contributed by atoms with E-state index in [-0.39, 0.29) is 0 Å². The third-order valence-electron chi connectivity index (χ3n) is 4.66. The van der Waals surface area contributed by atoms with Gasteiger partial charge in [0.25, 0.3) is 0 Å². The van der Waals surface area contributed by atoms with E-state index in [2.05, 4.69) is 39.9 Å². The van der Waals surface area contributed by atoms with Crippen LogP contribution in [0.4, 0.5) is 0 Å². The molecule has 0 aliphatic heterocycles. The van der Waals surface area contributed by atoms with Crippen LogP contribution in [0.25, 0.3) is 0 Å². The Bertz CT molecular complexity index is 198. The lowest BCUT2D eigenvalue weighted by atomic mass is 9.73. The molecule has 3 atom stereocenters. The molecule has 0 aromatic rings. The van der Waals surface area contributed by atoms with E-state index in [1.54, 1.807) is 0 Å². The Morgan fingerprint density at radius 1 is 1.31 bits per heavy atom. The summed E-state index contributed by atoms with van der Waals surface area (Å²) >= 11 is 0. The summed E-state index contributed by atoms with van der Waals surface area (Å²) in [5.41, 5.74) is 0.550. The van der Waals surface area contributed by atoms with E-state index in [4.69, 9.17) is 0 Å². The van der Waals surface area contributed by atoms with Crippen LogP contribution in [0.1, 0.15) is 66.7 Å². The van der Waals surface area contributed by atoms with Crippen LogP contribution < -0.4 is 5.32 Å². The van der Waals surface area contributed by atoms with Crippen LogP contribution in [0.2, 0.25) is 0 Å². The van der Waals surface area contributed by atoms with Gasteiger partial charge in [0.15, 0.2) is 0 Å². The fraction of sp³-hybridized carbons (Fsp3) is 1.00. The second-order valence-corrected chi connectivity index (χ2v) is 6.35. The number of nitrogens with one attached hydrogen (secondary N) is 1. The normalized spacial score (nSPS) is 27.9. The Morgan fingerprint density at radius 3 is 2.44 bits per heavy atom. The smallest absolute Gasteiger partial charge is 0.0126 e. The molecular formula is C15H31N. The Balaban J connectivity index is 2.67. The molecule has 1 rings (SSSR count). The minimum atomic E-state index is 0.550. The lowest BCUT2D eigenvalue weighted by Crippen LogP contribution is -2.45. The lowest BCUT2D eigenvalue weighted by molar-refractivity contribution is 0.157. The van der Waals surface area contributed by atoms with Crippen molar-refractivity contribution < 1.29 is 0 Å². The topological polar surface area (TPSA) is 12.0 Å². The molecule has 3 unspecified atom stereocenters. The standard InChI is InChI=1S/C15H31N/c1-6-11-16-14(12(3)7-2)13-9-8-10-15(13,4)5/h12-14,16H,6-11H2,1-5H3. The van der Waals surface area contributed by atoms with Gasteiger partial charge in [0.1, 0.15) is 0 Å². The third kappa shape index (κ3) is 3.23. The predicted molar refractivity (Wildman–Crippen MR) is 72.7 cm³/mol. The fourth-order valence-electron chi connectivity index (χ4n) is 3.32. The molecule has 0 amide bonds. The summed E-state index contributed by atoms with van der Waals surface area (Å²) in [6.45, 7) is 13.1. The molecule has 0 bridgehead atoms. The third-order valence-corrected chi connectivity index (χ3v) is 4.66. The molecule has 1 aliphatic carbocycles. The van der Waals surface area contributed by atoms with Gasteiger partial charge < -0.3 is 5.32 Å². The van der Waals surface area contributed by atoms with Crippen molar-refractivity contribution in [2.75, 3.05) is 6.54 Å². The van der Waals surface area contributed by atoms with Gasteiger partial charge in [0, 0.05) is 6.04 Å². The zero-order chi connectivity index (χ0) is 12.2. The van der Waals surface area contributed by atoms with Crippen molar-refractivity contribution in [3.05, 3.63) is 0 Å². The summed E-state index contributed by atoms with van der Waals surface area (Å²) in [5.74, 6) is 1.70. The second-order valence-electron chi connectivity index (χ2n) is 6.35. The maximum absolute atomic E-state index is 3.82. The van der Waals surface area contributed by atoms with Gasteiger partial charge in [-0.3, -0.25) is 0 Å². The molecule has 0 saturated heterocycles.